The minimum atomic E-state index is -0.205. The highest BCUT2D eigenvalue weighted by Crippen LogP contribution is 2.14. The van der Waals surface area contributed by atoms with Crippen molar-refractivity contribution in [1.82, 2.24) is 20.2 Å². The van der Waals surface area contributed by atoms with E-state index in [9.17, 15) is 9.59 Å². The minimum absolute atomic E-state index is 0.0276. The third-order valence-electron chi connectivity index (χ3n) is 5.62. The molecule has 0 aliphatic carbocycles. The molecule has 0 bridgehead atoms. The molecule has 0 spiro atoms. The number of nitrogens with one attached hydrogen (secondary N) is 3. The van der Waals surface area contributed by atoms with E-state index in [1.165, 1.54) is 0 Å². The first-order valence-corrected chi connectivity index (χ1v) is 11.2. The van der Waals surface area contributed by atoms with Gasteiger partial charge in [-0.05, 0) is 48.2 Å². The Morgan fingerprint density at radius 1 is 1.06 bits per heavy atom. The van der Waals surface area contributed by atoms with Gasteiger partial charge in [-0.15, -0.1) is 0 Å². The number of aromatic nitrogens is 2. The Morgan fingerprint density at radius 3 is 2.78 bits per heavy atom. The van der Waals surface area contributed by atoms with E-state index in [1.54, 1.807) is 0 Å². The SMILES string of the molecule is O=C(CCCc1ccc2[nH]c(=O)[nH]c2c1)NCc1cccc(OCCN2CCOCC2)c1. The van der Waals surface area contributed by atoms with E-state index in [0.29, 0.717) is 19.6 Å². The summed E-state index contributed by atoms with van der Waals surface area (Å²) in [6, 6.07) is 13.7. The average Bonchev–Trinajstić information content (AvgIpc) is 3.18. The monoisotopic (exact) mass is 438 g/mol. The maximum atomic E-state index is 12.2. The van der Waals surface area contributed by atoms with Crippen LogP contribution in [0.4, 0.5) is 0 Å². The van der Waals surface area contributed by atoms with Crippen LogP contribution in [0.15, 0.2) is 47.3 Å². The Bertz CT molecular complexity index is 1080. The molecule has 1 fully saturated rings. The van der Waals surface area contributed by atoms with Crippen molar-refractivity contribution in [2.24, 2.45) is 0 Å². The van der Waals surface area contributed by atoms with Crippen LogP contribution in [0.25, 0.3) is 11.0 Å². The molecule has 1 aliphatic heterocycles. The molecule has 8 nitrogen and oxygen atoms in total. The molecular weight excluding hydrogens is 408 g/mol. The van der Waals surface area contributed by atoms with Crippen LogP contribution in [-0.4, -0.2) is 60.2 Å². The largest absolute Gasteiger partial charge is 0.492 e. The normalized spacial score (nSPS) is 14.5. The summed E-state index contributed by atoms with van der Waals surface area (Å²) in [4.78, 5) is 31.4. The molecular formula is C24H30N4O4. The van der Waals surface area contributed by atoms with E-state index in [0.717, 1.165) is 73.6 Å². The van der Waals surface area contributed by atoms with E-state index >= 15 is 0 Å². The summed E-state index contributed by atoms with van der Waals surface area (Å²) in [7, 11) is 0. The number of nitrogens with zero attached hydrogens (tertiary/aromatic N) is 1. The van der Waals surface area contributed by atoms with Gasteiger partial charge in [0.25, 0.3) is 0 Å². The number of rotatable bonds is 10. The second-order valence-electron chi connectivity index (χ2n) is 8.04. The summed E-state index contributed by atoms with van der Waals surface area (Å²) >= 11 is 0. The van der Waals surface area contributed by atoms with Crippen LogP contribution in [-0.2, 0) is 22.5 Å². The average molecular weight is 439 g/mol. The number of imidazole rings is 1. The Balaban J connectivity index is 1.16. The molecule has 0 unspecified atom stereocenters. The fraction of sp³-hybridized carbons (Fsp3) is 0.417. The van der Waals surface area contributed by atoms with Crippen molar-refractivity contribution < 1.29 is 14.3 Å². The van der Waals surface area contributed by atoms with E-state index in [1.807, 2.05) is 42.5 Å². The summed E-state index contributed by atoms with van der Waals surface area (Å²) in [6.45, 7) is 5.49. The molecule has 4 rings (SSSR count). The Labute approximate surface area is 186 Å². The van der Waals surface area contributed by atoms with Crippen molar-refractivity contribution >= 4 is 16.9 Å². The maximum Gasteiger partial charge on any atom is 0.323 e. The molecule has 0 saturated carbocycles. The molecule has 3 N–H and O–H groups in total. The summed E-state index contributed by atoms with van der Waals surface area (Å²) in [5, 5.41) is 2.98. The summed E-state index contributed by atoms with van der Waals surface area (Å²) < 4.78 is 11.2. The number of ether oxygens (including phenoxy) is 2. The van der Waals surface area contributed by atoms with Crippen molar-refractivity contribution in [1.29, 1.82) is 0 Å². The first kappa shape index (κ1) is 22.1. The van der Waals surface area contributed by atoms with Crippen molar-refractivity contribution in [3.63, 3.8) is 0 Å². The van der Waals surface area contributed by atoms with Gasteiger partial charge in [0, 0.05) is 32.6 Å². The number of H-pyrrole nitrogens is 2. The molecule has 1 saturated heterocycles. The lowest BCUT2D eigenvalue weighted by Gasteiger charge is -2.26. The third-order valence-corrected chi connectivity index (χ3v) is 5.62. The van der Waals surface area contributed by atoms with Gasteiger partial charge in [-0.2, -0.15) is 0 Å². The standard InChI is InChI=1S/C24H30N4O4/c29-23(6-2-3-18-7-8-21-22(16-18)27-24(30)26-21)25-17-19-4-1-5-20(15-19)32-14-11-28-9-12-31-13-10-28/h1,4-5,7-8,15-16H,2-3,6,9-14,17H2,(H,25,29)(H2,26,27,30). The van der Waals surface area contributed by atoms with E-state index in [4.69, 9.17) is 9.47 Å². The molecule has 8 heteroatoms. The molecule has 0 atom stereocenters. The number of benzene rings is 2. The number of amides is 1. The highest BCUT2D eigenvalue weighted by Gasteiger charge is 2.10. The fourth-order valence-electron chi connectivity index (χ4n) is 3.84. The van der Waals surface area contributed by atoms with Crippen LogP contribution in [0.2, 0.25) is 0 Å². The van der Waals surface area contributed by atoms with Gasteiger partial charge in [0.15, 0.2) is 0 Å². The van der Waals surface area contributed by atoms with Gasteiger partial charge in [0.2, 0.25) is 5.91 Å². The molecule has 2 aromatic carbocycles. The molecule has 170 valence electrons. The van der Waals surface area contributed by atoms with Gasteiger partial charge in [-0.3, -0.25) is 9.69 Å². The molecule has 1 amide bonds. The molecule has 1 aliphatic rings. The van der Waals surface area contributed by atoms with Gasteiger partial charge in [-0.25, -0.2) is 4.79 Å². The van der Waals surface area contributed by atoms with Gasteiger partial charge in [-0.1, -0.05) is 18.2 Å². The van der Waals surface area contributed by atoms with Gasteiger partial charge < -0.3 is 24.8 Å². The van der Waals surface area contributed by atoms with Crippen molar-refractivity contribution in [2.75, 3.05) is 39.5 Å². The quantitative estimate of drug-likeness (QED) is 0.451. The number of aromatic amines is 2. The van der Waals surface area contributed by atoms with Crippen LogP contribution in [0, 0.1) is 0 Å². The first-order valence-electron chi connectivity index (χ1n) is 11.2. The number of hydrogen-bond acceptors (Lipinski definition) is 5. The van der Waals surface area contributed by atoms with Gasteiger partial charge >= 0.3 is 5.69 Å². The maximum absolute atomic E-state index is 12.2. The number of carbonyl (C=O) groups excluding carboxylic acids is 1. The second-order valence-corrected chi connectivity index (χ2v) is 8.04. The Kier molecular flexibility index (Phi) is 7.58. The Hall–Kier alpha value is -3.10. The van der Waals surface area contributed by atoms with Crippen LogP contribution in [0.1, 0.15) is 24.0 Å². The third kappa shape index (κ3) is 6.45. The van der Waals surface area contributed by atoms with E-state index in [-0.39, 0.29) is 11.6 Å². The molecule has 32 heavy (non-hydrogen) atoms. The number of carbonyl (C=O) groups is 1. The summed E-state index contributed by atoms with van der Waals surface area (Å²) in [5.74, 6) is 0.850. The lowest BCUT2D eigenvalue weighted by atomic mass is 10.1. The highest BCUT2D eigenvalue weighted by molar-refractivity contribution is 5.76. The first-order chi connectivity index (χ1) is 15.7. The molecule has 3 aromatic rings. The number of morpholine rings is 1. The Morgan fingerprint density at radius 2 is 1.91 bits per heavy atom. The smallest absolute Gasteiger partial charge is 0.323 e. The van der Waals surface area contributed by atoms with Crippen molar-refractivity contribution in [3.8, 4) is 5.75 Å². The van der Waals surface area contributed by atoms with Crippen LogP contribution in [0.3, 0.4) is 0 Å². The summed E-state index contributed by atoms with van der Waals surface area (Å²) in [6.07, 6.45) is 1.98. The fourth-order valence-corrected chi connectivity index (χ4v) is 3.84. The van der Waals surface area contributed by atoms with E-state index < -0.39 is 0 Å². The predicted molar refractivity (Wildman–Crippen MR) is 123 cm³/mol. The predicted octanol–water partition coefficient (Wildman–Crippen LogP) is 2.21. The van der Waals surface area contributed by atoms with Gasteiger partial charge in [0.1, 0.15) is 12.4 Å². The number of aryl methyl sites for hydroxylation is 1. The lowest BCUT2D eigenvalue weighted by Crippen LogP contribution is -2.38. The molecule has 1 aromatic heterocycles. The number of fused-ring (bicyclic) bond motifs is 1. The minimum Gasteiger partial charge on any atom is -0.492 e. The van der Waals surface area contributed by atoms with Crippen molar-refractivity contribution in [3.05, 3.63) is 64.1 Å². The summed E-state index contributed by atoms with van der Waals surface area (Å²) in [5.41, 5.74) is 3.50. The lowest BCUT2D eigenvalue weighted by molar-refractivity contribution is -0.121. The number of hydrogen-bond donors (Lipinski definition) is 3. The van der Waals surface area contributed by atoms with Crippen molar-refractivity contribution in [2.45, 2.75) is 25.8 Å². The molecule has 2 heterocycles. The second kappa shape index (κ2) is 11.0. The highest BCUT2D eigenvalue weighted by atomic mass is 16.5. The zero-order valence-corrected chi connectivity index (χ0v) is 18.2. The topological polar surface area (TPSA) is 99.5 Å². The van der Waals surface area contributed by atoms with Crippen LogP contribution < -0.4 is 15.7 Å². The molecule has 0 radical (unpaired) electrons. The van der Waals surface area contributed by atoms with E-state index in [2.05, 4.69) is 20.2 Å². The van der Waals surface area contributed by atoms with Crippen LogP contribution >= 0.6 is 0 Å². The zero-order valence-electron chi connectivity index (χ0n) is 18.2. The van der Waals surface area contributed by atoms with Crippen LogP contribution in [0.5, 0.6) is 5.75 Å². The zero-order chi connectivity index (χ0) is 22.2. The van der Waals surface area contributed by atoms with Gasteiger partial charge in [0.05, 0.1) is 24.2 Å².